The van der Waals surface area contributed by atoms with Crippen molar-refractivity contribution in [3.8, 4) is 16.9 Å². The van der Waals surface area contributed by atoms with Gasteiger partial charge in [-0.2, -0.15) is 0 Å². The van der Waals surface area contributed by atoms with Crippen LogP contribution in [0.15, 0.2) is 53.5 Å². The number of nitrogens with one attached hydrogen (secondary N) is 1. The lowest BCUT2D eigenvalue weighted by Crippen LogP contribution is -2.33. The van der Waals surface area contributed by atoms with Gasteiger partial charge in [0.15, 0.2) is 17.4 Å². The number of Topliss-reactive ketones (excluding diaryl/α,β-unsaturated/α-hetero) is 1. The van der Waals surface area contributed by atoms with Crippen molar-refractivity contribution in [1.29, 1.82) is 0 Å². The Morgan fingerprint density at radius 3 is 2.48 bits per heavy atom. The summed E-state index contributed by atoms with van der Waals surface area (Å²) in [6, 6.07) is 10.5. The van der Waals surface area contributed by atoms with E-state index in [0.717, 1.165) is 38.1 Å². The highest BCUT2D eigenvalue weighted by atomic mass is 19.2. The molecule has 0 aliphatic carbocycles. The van der Waals surface area contributed by atoms with Gasteiger partial charge in [-0.3, -0.25) is 9.59 Å². The number of aromatic amines is 1. The molecule has 5 rings (SSSR count). The molecule has 7 nitrogen and oxygen atoms in total. The SMILES string of the molecule is CN1CCC(C(=O)c2ccc(-n3cc(-c4cc5cc(F)c(F)cc5[nH]c4=O)nn3)cc2)CC1. The number of hydrogen-bond donors (Lipinski definition) is 1. The second-order valence-corrected chi connectivity index (χ2v) is 8.40. The molecule has 1 aliphatic rings. The zero-order valence-electron chi connectivity index (χ0n) is 17.9. The molecule has 0 atom stereocenters. The number of halogens is 2. The van der Waals surface area contributed by atoms with E-state index >= 15 is 0 Å². The zero-order chi connectivity index (χ0) is 23.1. The van der Waals surface area contributed by atoms with Crippen LogP contribution in [0.1, 0.15) is 23.2 Å². The molecule has 0 unspecified atom stereocenters. The second-order valence-electron chi connectivity index (χ2n) is 8.40. The standard InChI is InChI=1S/C24H21F2N5O2/c1-30-8-6-15(7-9-30)23(32)14-2-4-17(5-3-14)31-13-22(28-29-31)18-10-16-11-19(25)20(26)12-21(16)27-24(18)33/h2-5,10-13,15H,6-9H2,1H3,(H,27,33). The molecule has 168 valence electrons. The Morgan fingerprint density at radius 2 is 1.76 bits per heavy atom. The number of aromatic nitrogens is 4. The molecule has 1 aliphatic heterocycles. The summed E-state index contributed by atoms with van der Waals surface area (Å²) in [5.41, 5.74) is 1.52. The van der Waals surface area contributed by atoms with Crippen molar-refractivity contribution < 1.29 is 13.6 Å². The van der Waals surface area contributed by atoms with Crippen LogP contribution in [0.5, 0.6) is 0 Å². The van der Waals surface area contributed by atoms with E-state index in [4.69, 9.17) is 0 Å². The predicted octanol–water partition coefficient (Wildman–Crippen LogP) is 3.58. The quantitative estimate of drug-likeness (QED) is 0.482. The number of rotatable bonds is 4. The van der Waals surface area contributed by atoms with Gasteiger partial charge in [-0.05, 0) is 69.4 Å². The molecular formula is C24H21F2N5O2. The molecule has 1 fully saturated rings. The molecule has 1 N–H and O–H groups in total. The molecule has 0 saturated carbocycles. The highest BCUT2D eigenvalue weighted by Crippen LogP contribution is 2.23. The Balaban J connectivity index is 1.40. The van der Waals surface area contributed by atoms with Crippen molar-refractivity contribution in [2.45, 2.75) is 12.8 Å². The number of carbonyl (C=O) groups excluding carboxylic acids is 1. The number of H-pyrrole nitrogens is 1. The van der Waals surface area contributed by atoms with Crippen molar-refractivity contribution in [3.05, 3.63) is 76.2 Å². The molecule has 0 bridgehead atoms. The third-order valence-corrected chi connectivity index (χ3v) is 6.16. The van der Waals surface area contributed by atoms with Crippen LogP contribution in [0.2, 0.25) is 0 Å². The zero-order valence-corrected chi connectivity index (χ0v) is 17.9. The molecule has 2 aromatic carbocycles. The summed E-state index contributed by atoms with van der Waals surface area (Å²) in [5.74, 6) is -1.84. The molecule has 2 aromatic heterocycles. The number of likely N-dealkylation sites (tertiary alicyclic amines) is 1. The summed E-state index contributed by atoms with van der Waals surface area (Å²) in [5, 5.41) is 8.48. The van der Waals surface area contributed by atoms with Crippen molar-refractivity contribution in [3.63, 3.8) is 0 Å². The number of pyridine rings is 1. The molecule has 9 heteroatoms. The number of fused-ring (bicyclic) bond motifs is 1. The van der Waals surface area contributed by atoms with E-state index in [9.17, 15) is 18.4 Å². The van der Waals surface area contributed by atoms with Crippen LogP contribution >= 0.6 is 0 Å². The smallest absolute Gasteiger partial charge is 0.258 e. The Morgan fingerprint density at radius 1 is 1.06 bits per heavy atom. The summed E-state index contributed by atoms with van der Waals surface area (Å²) >= 11 is 0. The Hall–Kier alpha value is -3.72. The van der Waals surface area contributed by atoms with Gasteiger partial charge in [0.2, 0.25) is 0 Å². The molecule has 4 aromatic rings. The Bertz CT molecular complexity index is 1400. The summed E-state index contributed by atoms with van der Waals surface area (Å²) < 4.78 is 28.6. The van der Waals surface area contributed by atoms with Gasteiger partial charge in [-0.15, -0.1) is 5.10 Å². The average molecular weight is 449 g/mol. The molecular weight excluding hydrogens is 428 g/mol. The number of carbonyl (C=O) groups is 1. The summed E-state index contributed by atoms with van der Waals surface area (Å²) in [6.07, 6.45) is 3.30. The first-order valence-electron chi connectivity index (χ1n) is 10.7. The fourth-order valence-corrected chi connectivity index (χ4v) is 4.19. The molecule has 0 amide bonds. The summed E-state index contributed by atoms with van der Waals surface area (Å²) in [4.78, 5) is 30.0. The van der Waals surface area contributed by atoms with Gasteiger partial charge >= 0.3 is 0 Å². The van der Waals surface area contributed by atoms with Crippen LogP contribution in [0, 0.1) is 17.6 Å². The lowest BCUT2D eigenvalue weighted by atomic mass is 9.89. The van der Waals surface area contributed by atoms with Gasteiger partial charge in [0.05, 0.1) is 23.0 Å². The van der Waals surface area contributed by atoms with Crippen molar-refractivity contribution in [2.24, 2.45) is 5.92 Å². The average Bonchev–Trinajstić information content (AvgIpc) is 3.30. The maximum Gasteiger partial charge on any atom is 0.258 e. The topological polar surface area (TPSA) is 83.9 Å². The lowest BCUT2D eigenvalue weighted by molar-refractivity contribution is 0.0857. The Labute approximate surface area is 187 Å². The lowest BCUT2D eigenvalue weighted by Gasteiger charge is -2.28. The molecule has 0 radical (unpaired) electrons. The predicted molar refractivity (Wildman–Crippen MR) is 119 cm³/mol. The van der Waals surface area contributed by atoms with Gasteiger partial charge in [-0.25, -0.2) is 13.5 Å². The second kappa shape index (κ2) is 8.32. The van der Waals surface area contributed by atoms with E-state index in [0.29, 0.717) is 16.6 Å². The van der Waals surface area contributed by atoms with E-state index in [1.165, 1.54) is 10.7 Å². The van der Waals surface area contributed by atoms with Crippen LogP contribution in [-0.4, -0.2) is 50.8 Å². The van der Waals surface area contributed by atoms with E-state index in [2.05, 4.69) is 27.2 Å². The molecule has 3 heterocycles. The maximum absolute atomic E-state index is 13.6. The van der Waals surface area contributed by atoms with Crippen LogP contribution in [0.3, 0.4) is 0 Å². The number of hydrogen-bond acceptors (Lipinski definition) is 5. The molecule has 0 spiro atoms. The van der Waals surface area contributed by atoms with Crippen molar-refractivity contribution in [1.82, 2.24) is 24.9 Å². The first-order chi connectivity index (χ1) is 15.9. The van der Waals surface area contributed by atoms with Crippen molar-refractivity contribution >= 4 is 16.7 Å². The first kappa shape index (κ1) is 21.1. The number of benzene rings is 2. The van der Waals surface area contributed by atoms with Gasteiger partial charge in [-0.1, -0.05) is 5.21 Å². The minimum Gasteiger partial charge on any atom is -0.321 e. The van der Waals surface area contributed by atoms with Crippen LogP contribution in [0.25, 0.3) is 27.8 Å². The van der Waals surface area contributed by atoms with Crippen LogP contribution in [-0.2, 0) is 0 Å². The van der Waals surface area contributed by atoms with Crippen LogP contribution in [0.4, 0.5) is 8.78 Å². The number of ketones is 1. The highest BCUT2D eigenvalue weighted by Gasteiger charge is 2.24. The van der Waals surface area contributed by atoms with E-state index in [1.807, 2.05) is 0 Å². The van der Waals surface area contributed by atoms with E-state index in [1.54, 1.807) is 30.5 Å². The number of piperidine rings is 1. The fourth-order valence-electron chi connectivity index (χ4n) is 4.19. The van der Waals surface area contributed by atoms with E-state index in [-0.39, 0.29) is 28.5 Å². The summed E-state index contributed by atoms with van der Waals surface area (Å²) in [6.45, 7) is 1.84. The highest BCUT2D eigenvalue weighted by molar-refractivity contribution is 5.98. The fraction of sp³-hybridized carbons (Fsp3) is 0.250. The van der Waals surface area contributed by atoms with E-state index < -0.39 is 17.2 Å². The third kappa shape index (κ3) is 4.07. The van der Waals surface area contributed by atoms with Crippen LogP contribution < -0.4 is 5.56 Å². The van der Waals surface area contributed by atoms with Crippen molar-refractivity contribution in [2.75, 3.05) is 20.1 Å². The minimum atomic E-state index is -1.03. The molecule has 33 heavy (non-hydrogen) atoms. The van der Waals surface area contributed by atoms with Gasteiger partial charge in [0.1, 0.15) is 5.69 Å². The monoisotopic (exact) mass is 449 g/mol. The normalized spacial score (nSPS) is 15.2. The van der Waals surface area contributed by atoms with Gasteiger partial charge < -0.3 is 9.88 Å². The maximum atomic E-state index is 13.6. The number of nitrogens with zero attached hydrogens (tertiary/aromatic N) is 4. The summed E-state index contributed by atoms with van der Waals surface area (Å²) in [7, 11) is 2.06. The third-order valence-electron chi connectivity index (χ3n) is 6.16. The minimum absolute atomic E-state index is 0.0444. The molecule has 1 saturated heterocycles. The Kier molecular flexibility index (Phi) is 5.33. The van der Waals surface area contributed by atoms with Gasteiger partial charge in [0, 0.05) is 22.9 Å². The van der Waals surface area contributed by atoms with Gasteiger partial charge in [0.25, 0.3) is 5.56 Å². The largest absolute Gasteiger partial charge is 0.321 e. The first-order valence-corrected chi connectivity index (χ1v) is 10.7.